The number of carbonyl (C=O) groups is 12. The number of nitrogens with two attached hydrogens (primary N) is 7. The van der Waals surface area contributed by atoms with Crippen molar-refractivity contribution >= 4 is 102 Å². The Hall–Kier alpha value is -8.62. The van der Waals surface area contributed by atoms with Crippen molar-refractivity contribution in [2.24, 2.45) is 66.9 Å². The van der Waals surface area contributed by atoms with Crippen molar-refractivity contribution in [2.45, 2.75) is 191 Å². The van der Waals surface area contributed by atoms with Crippen LogP contribution in [0.25, 0.3) is 0 Å². The second-order valence-electron chi connectivity index (χ2n) is 22.9. The number of nitrogens with one attached hydrogen (secondary N) is 8. The van der Waals surface area contributed by atoms with Gasteiger partial charge in [-0.25, -0.2) is 0 Å². The number of ketones is 1. The van der Waals surface area contributed by atoms with Gasteiger partial charge in [0.05, 0.1) is 25.6 Å². The number of hydrogen-bond donors (Lipinski definition) is 17. The first-order chi connectivity index (χ1) is 43.5. The Morgan fingerprint density at radius 3 is 1.55 bits per heavy atom. The average Bonchev–Trinajstić information content (AvgIpc) is 0.781. The van der Waals surface area contributed by atoms with Gasteiger partial charge in [0, 0.05) is 38.5 Å². The quantitative estimate of drug-likeness (QED) is 0.00751. The summed E-state index contributed by atoms with van der Waals surface area (Å²) in [4.78, 5) is 179. The molecule has 1 saturated carbocycles. The molecule has 1 aliphatic rings. The van der Waals surface area contributed by atoms with Crippen LogP contribution in [0.2, 0.25) is 0 Å². The van der Waals surface area contributed by atoms with Gasteiger partial charge in [0.25, 0.3) is 0 Å². The predicted octanol–water partition coefficient (Wildman–Crippen LogP) is -3.57. The number of amides is 9. The number of thiol groups is 1. The highest BCUT2D eigenvalue weighted by atomic mass is 32.1. The van der Waals surface area contributed by atoms with E-state index in [-0.39, 0.29) is 107 Å². The van der Waals surface area contributed by atoms with Crippen LogP contribution in [0, 0.1) is 11.8 Å². The first kappa shape index (κ1) is 79.5. The molecule has 10 atom stereocenters. The normalized spacial score (nSPS) is 15.7. The topological polar surface area (TPSA) is 544 Å². The number of Topliss-reactive ketones (excluding diaryl/α,β-unsaturated/α-hetero) is 1. The van der Waals surface area contributed by atoms with Crippen molar-refractivity contribution in [3.63, 3.8) is 0 Å². The van der Waals surface area contributed by atoms with Gasteiger partial charge in [-0.2, -0.15) is 12.6 Å². The SMILES string of the molecule is CC[C@H](C)[C@H](NC(=O)[C@H](CCCN=C(N)N)NC(=O)CNC(=O)CNC(=O)[C@H](C)N)C(=O)N[C@@H](CC(=O)O)C(=O)N[C@@H](CCCN=C(N)N)C(=O)N[C@H](C(=O)N[C@@H](Cc1ccccc1)C(=O)N(C1CCCCC1)[C@](C=O)(CCCN=C(N)N)C(=O)CCS)[C@@H](C)CC. The number of rotatable bonds is 43. The number of aliphatic imine (C=N–C) groups is 3. The molecule has 0 aliphatic heterocycles. The van der Waals surface area contributed by atoms with Crippen molar-refractivity contribution in [3.8, 4) is 0 Å². The molecule has 1 aromatic carbocycles. The molecule has 0 saturated heterocycles. The Balaban J connectivity index is 2.65. The molecule has 0 heterocycles. The lowest BCUT2D eigenvalue weighted by molar-refractivity contribution is -0.157. The Morgan fingerprint density at radius 1 is 0.620 bits per heavy atom. The molecule has 0 bridgehead atoms. The summed E-state index contributed by atoms with van der Waals surface area (Å²) in [6.07, 6.45) is 2.52. The fraction of sp³-hybridized carbons (Fsp3) is 0.644. The van der Waals surface area contributed by atoms with Gasteiger partial charge in [-0.05, 0) is 81.4 Å². The van der Waals surface area contributed by atoms with E-state index in [9.17, 15) is 53.1 Å². The average molecular weight is 1310 g/mol. The number of aldehydes is 1. The van der Waals surface area contributed by atoms with Crippen LogP contribution >= 0.6 is 12.6 Å². The van der Waals surface area contributed by atoms with E-state index >= 15 is 9.59 Å². The maximum absolute atomic E-state index is 15.6. The highest BCUT2D eigenvalue weighted by molar-refractivity contribution is 7.80. The second-order valence-corrected chi connectivity index (χ2v) is 23.3. The molecule has 0 unspecified atom stereocenters. The Kier molecular flexibility index (Phi) is 36.0. The summed E-state index contributed by atoms with van der Waals surface area (Å²) < 4.78 is 0. The number of guanidine groups is 3. The summed E-state index contributed by atoms with van der Waals surface area (Å²) in [6, 6.07) is -2.05. The smallest absolute Gasteiger partial charge is 0.305 e. The monoisotopic (exact) mass is 1310 g/mol. The molecule has 92 heavy (non-hydrogen) atoms. The third kappa shape index (κ3) is 27.9. The zero-order chi connectivity index (χ0) is 69.1. The van der Waals surface area contributed by atoms with E-state index in [1.165, 1.54) is 11.8 Å². The standard InChI is InChI=1S/C59H99N19O13S/c1-6-34(3)47(76-50(86)39(21-14-25-67-56(61)62)72-45(82)32-70-44(81)31-71-49(85)36(5)60)53(89)74-41(30-46(83)84)52(88)73-40(22-15-26-68-57(63)64)51(87)77-48(35(4)7-2)54(90)75-42(29-37-17-10-8-11-18-37)55(91)78(38-19-12-9-13-20-38)59(33-79,43(80)23-28-92)24-16-27-69-58(65)66/h8,10-11,17-18,33-36,38-42,47-48,92H,6-7,9,12-16,19-32,60H2,1-5H3,(H,70,81)(H,71,85)(H,72,82)(H,73,88)(H,74,89)(H,75,90)(H,76,86)(H,77,87)(H,83,84)(H4,61,62,67)(H4,63,64,68)(H4,65,66,69)/t34-,35-,36-,39-,40-,41-,42-,47-,48-,59-/m0/s1. The number of aliphatic carboxylic acids is 1. The molecular weight excluding hydrogens is 1210 g/mol. The van der Waals surface area contributed by atoms with E-state index in [0.29, 0.717) is 37.5 Å². The molecule has 23 N–H and O–H groups in total. The largest absolute Gasteiger partial charge is 0.481 e. The molecule has 514 valence electrons. The van der Waals surface area contributed by atoms with Crippen LogP contribution in [0.15, 0.2) is 45.3 Å². The van der Waals surface area contributed by atoms with Gasteiger partial charge in [0.1, 0.15) is 36.3 Å². The lowest BCUT2D eigenvalue weighted by Gasteiger charge is -2.46. The highest BCUT2D eigenvalue weighted by Crippen LogP contribution is 2.34. The Bertz CT molecular complexity index is 2720. The number of benzene rings is 1. The molecule has 33 heteroatoms. The minimum atomic E-state index is -2.02. The van der Waals surface area contributed by atoms with Gasteiger partial charge in [0.2, 0.25) is 53.2 Å². The molecule has 0 radical (unpaired) electrons. The number of carboxylic acids is 1. The lowest BCUT2D eigenvalue weighted by atomic mass is 9.81. The molecule has 1 aromatic rings. The first-order valence-corrected chi connectivity index (χ1v) is 31.7. The Labute approximate surface area is 542 Å². The Morgan fingerprint density at radius 2 is 1.09 bits per heavy atom. The maximum atomic E-state index is 15.6. The van der Waals surface area contributed by atoms with Crippen LogP contribution in [0.3, 0.4) is 0 Å². The van der Waals surface area contributed by atoms with Gasteiger partial charge < -0.3 is 97.5 Å². The van der Waals surface area contributed by atoms with Crippen LogP contribution in [-0.2, 0) is 64.0 Å². The summed E-state index contributed by atoms with van der Waals surface area (Å²) in [5, 5.41) is 30.3. The third-order valence-electron chi connectivity index (χ3n) is 15.6. The van der Waals surface area contributed by atoms with E-state index < -0.39 is 150 Å². The van der Waals surface area contributed by atoms with E-state index in [0.717, 1.165) is 6.42 Å². The van der Waals surface area contributed by atoms with Gasteiger partial charge in [-0.1, -0.05) is 90.1 Å². The molecule has 0 aromatic heterocycles. The second kappa shape index (κ2) is 41.7. The third-order valence-corrected chi connectivity index (χ3v) is 15.8. The van der Waals surface area contributed by atoms with E-state index in [1.807, 2.05) is 0 Å². The van der Waals surface area contributed by atoms with E-state index in [1.54, 1.807) is 58.0 Å². The zero-order valence-electron chi connectivity index (χ0n) is 53.4. The lowest BCUT2D eigenvalue weighted by Crippen LogP contribution is -2.67. The van der Waals surface area contributed by atoms with Crippen LogP contribution < -0.4 is 82.7 Å². The van der Waals surface area contributed by atoms with Crippen molar-refractivity contribution < 1.29 is 62.6 Å². The molecule has 2 rings (SSSR count). The van der Waals surface area contributed by atoms with Crippen molar-refractivity contribution in [2.75, 3.05) is 38.5 Å². The molecular formula is C59H99N19O13S. The summed E-state index contributed by atoms with van der Waals surface area (Å²) in [5.74, 6) is -12.1. The fourth-order valence-corrected chi connectivity index (χ4v) is 10.4. The van der Waals surface area contributed by atoms with Crippen LogP contribution in [0.5, 0.6) is 0 Å². The van der Waals surface area contributed by atoms with Crippen LogP contribution in [0.1, 0.15) is 136 Å². The van der Waals surface area contributed by atoms with E-state index in [2.05, 4.69) is 70.1 Å². The van der Waals surface area contributed by atoms with Gasteiger partial charge in [-0.3, -0.25) is 67.7 Å². The minimum Gasteiger partial charge on any atom is -0.481 e. The summed E-state index contributed by atoms with van der Waals surface area (Å²) in [5.41, 5.74) is 37.4. The van der Waals surface area contributed by atoms with Crippen LogP contribution in [-0.4, -0.2) is 191 Å². The summed E-state index contributed by atoms with van der Waals surface area (Å²) in [6.45, 7) is 6.92. The van der Waals surface area contributed by atoms with Crippen molar-refractivity contribution in [1.82, 2.24) is 47.4 Å². The minimum absolute atomic E-state index is 0.0179. The first-order valence-electron chi connectivity index (χ1n) is 31.0. The number of carboxylic acid groups (broad SMARTS) is 1. The van der Waals surface area contributed by atoms with E-state index in [4.69, 9.17) is 40.1 Å². The fourth-order valence-electron chi connectivity index (χ4n) is 10.2. The number of carbonyl (C=O) groups excluding carboxylic acids is 11. The molecule has 32 nitrogen and oxygen atoms in total. The summed E-state index contributed by atoms with van der Waals surface area (Å²) in [7, 11) is 0. The van der Waals surface area contributed by atoms with Gasteiger partial charge >= 0.3 is 5.97 Å². The number of nitrogens with zero attached hydrogens (tertiary/aromatic N) is 4. The van der Waals surface area contributed by atoms with Crippen LogP contribution in [0.4, 0.5) is 0 Å². The predicted molar refractivity (Wildman–Crippen MR) is 348 cm³/mol. The zero-order valence-corrected chi connectivity index (χ0v) is 54.3. The van der Waals surface area contributed by atoms with Crippen molar-refractivity contribution in [1.29, 1.82) is 0 Å². The van der Waals surface area contributed by atoms with Crippen molar-refractivity contribution in [3.05, 3.63) is 35.9 Å². The maximum Gasteiger partial charge on any atom is 0.305 e. The molecule has 1 aliphatic carbocycles. The highest BCUT2D eigenvalue weighted by Gasteiger charge is 2.50. The summed E-state index contributed by atoms with van der Waals surface area (Å²) >= 11 is 4.31. The van der Waals surface area contributed by atoms with Gasteiger partial charge in [-0.15, -0.1) is 0 Å². The molecule has 9 amide bonds. The molecule has 1 fully saturated rings. The molecule has 0 spiro atoms. The van der Waals surface area contributed by atoms with Gasteiger partial charge in [0.15, 0.2) is 35.5 Å². The number of hydrogen-bond acceptors (Lipinski definition) is 17.